The maximum atomic E-state index is 13.3. The highest BCUT2D eigenvalue weighted by molar-refractivity contribution is 5.83. The highest BCUT2D eigenvalue weighted by Crippen LogP contribution is 2.22. The van der Waals surface area contributed by atoms with Crippen LogP contribution in [-0.2, 0) is 6.61 Å². The summed E-state index contributed by atoms with van der Waals surface area (Å²) in [5.74, 6) is 1.28. The van der Waals surface area contributed by atoms with Crippen molar-refractivity contribution in [3.63, 3.8) is 0 Å². The summed E-state index contributed by atoms with van der Waals surface area (Å²) in [6.07, 6.45) is 1.84. The van der Waals surface area contributed by atoms with E-state index in [-0.39, 0.29) is 5.82 Å². The average Bonchev–Trinajstić information content (AvgIpc) is 2.88. The number of benzene rings is 2. The van der Waals surface area contributed by atoms with Gasteiger partial charge in [0.25, 0.3) is 0 Å². The molecule has 2 aromatic carbocycles. The second-order valence-corrected chi connectivity index (χ2v) is 4.47. The Balaban J connectivity index is 1.77. The van der Waals surface area contributed by atoms with Crippen molar-refractivity contribution in [3.05, 3.63) is 60.0 Å². The Morgan fingerprint density at radius 1 is 1.05 bits per heavy atom. The molecule has 1 N–H and O–H groups in total. The lowest BCUT2D eigenvalue weighted by molar-refractivity contribution is 0.307. The molecule has 0 spiro atoms. The fourth-order valence-electron chi connectivity index (χ4n) is 2.10. The third kappa shape index (κ3) is 2.45. The normalized spacial score (nSPS) is 10.7. The molecule has 0 aliphatic heterocycles. The third-order valence-corrected chi connectivity index (χ3v) is 3.18. The molecule has 0 saturated heterocycles. The summed E-state index contributed by atoms with van der Waals surface area (Å²) in [6, 6.07) is 12.0. The lowest BCUT2D eigenvalue weighted by atomic mass is 10.2. The van der Waals surface area contributed by atoms with E-state index in [1.54, 1.807) is 13.2 Å². The largest absolute Gasteiger partial charge is 0.497 e. The van der Waals surface area contributed by atoms with Crippen LogP contribution in [0.3, 0.4) is 0 Å². The van der Waals surface area contributed by atoms with Crippen molar-refractivity contribution in [3.8, 4) is 11.5 Å². The molecule has 0 bridgehead atoms. The highest BCUT2D eigenvalue weighted by Gasteiger charge is 2.05. The molecular weight excluding hydrogens is 257 g/mol. The van der Waals surface area contributed by atoms with Gasteiger partial charge in [0, 0.05) is 22.7 Å². The number of aromatic amines is 1. The molecule has 4 heteroatoms. The molecule has 0 atom stereocenters. The molecule has 3 rings (SSSR count). The number of fused-ring (bicyclic) bond motifs is 1. The van der Waals surface area contributed by atoms with Gasteiger partial charge in [0.2, 0.25) is 0 Å². The molecule has 0 saturated carbocycles. The summed E-state index contributed by atoms with van der Waals surface area (Å²) in [4.78, 5) is 3.10. The van der Waals surface area contributed by atoms with E-state index in [4.69, 9.17) is 9.47 Å². The maximum Gasteiger partial charge on any atom is 0.123 e. The number of hydrogen-bond donors (Lipinski definition) is 1. The summed E-state index contributed by atoms with van der Waals surface area (Å²) in [7, 11) is 1.62. The van der Waals surface area contributed by atoms with Gasteiger partial charge in [-0.05, 0) is 42.5 Å². The van der Waals surface area contributed by atoms with Crippen molar-refractivity contribution in [2.75, 3.05) is 7.11 Å². The average molecular weight is 271 g/mol. The van der Waals surface area contributed by atoms with E-state index in [9.17, 15) is 4.39 Å². The van der Waals surface area contributed by atoms with E-state index in [2.05, 4.69) is 4.98 Å². The van der Waals surface area contributed by atoms with Gasteiger partial charge in [-0.3, -0.25) is 0 Å². The first-order valence-electron chi connectivity index (χ1n) is 6.28. The number of hydrogen-bond acceptors (Lipinski definition) is 2. The fraction of sp³-hybridized carbons (Fsp3) is 0.125. The van der Waals surface area contributed by atoms with Gasteiger partial charge in [0.05, 0.1) is 7.11 Å². The van der Waals surface area contributed by atoms with Gasteiger partial charge in [0.1, 0.15) is 23.9 Å². The van der Waals surface area contributed by atoms with Gasteiger partial charge in [0.15, 0.2) is 0 Å². The number of halogens is 1. The molecule has 0 amide bonds. The van der Waals surface area contributed by atoms with Crippen molar-refractivity contribution in [2.24, 2.45) is 0 Å². The SMILES string of the molecule is COc1ccc(OCc2c[nH]c3ccc(F)cc23)cc1. The first kappa shape index (κ1) is 12.5. The summed E-state index contributed by atoms with van der Waals surface area (Å²) >= 11 is 0. The Kier molecular flexibility index (Phi) is 3.29. The standard InChI is InChI=1S/C16H14FNO2/c1-19-13-3-5-14(6-4-13)20-10-11-9-18-16-7-2-12(17)8-15(11)16/h2-9,18H,10H2,1H3. The molecule has 1 heterocycles. The maximum absolute atomic E-state index is 13.3. The second kappa shape index (κ2) is 5.25. The van der Waals surface area contributed by atoms with E-state index < -0.39 is 0 Å². The van der Waals surface area contributed by atoms with E-state index in [1.807, 2.05) is 30.5 Å². The summed E-state index contributed by atoms with van der Waals surface area (Å²) in [5, 5.41) is 0.846. The van der Waals surface area contributed by atoms with Crippen molar-refractivity contribution in [2.45, 2.75) is 6.61 Å². The molecule has 0 aliphatic carbocycles. The van der Waals surface area contributed by atoms with Crippen LogP contribution in [0.25, 0.3) is 10.9 Å². The molecule has 102 valence electrons. The molecule has 1 aromatic heterocycles. The second-order valence-electron chi connectivity index (χ2n) is 4.47. The minimum Gasteiger partial charge on any atom is -0.497 e. The van der Waals surface area contributed by atoms with Gasteiger partial charge < -0.3 is 14.5 Å². The van der Waals surface area contributed by atoms with Crippen LogP contribution in [0.1, 0.15) is 5.56 Å². The molecule has 3 aromatic rings. The molecule has 0 unspecified atom stereocenters. The predicted molar refractivity (Wildman–Crippen MR) is 75.6 cm³/mol. The number of H-pyrrole nitrogens is 1. The highest BCUT2D eigenvalue weighted by atomic mass is 19.1. The van der Waals surface area contributed by atoms with Crippen LogP contribution in [0.5, 0.6) is 11.5 Å². The molecular formula is C16H14FNO2. The molecule has 0 aliphatic rings. The van der Waals surface area contributed by atoms with E-state index in [0.29, 0.717) is 6.61 Å². The smallest absolute Gasteiger partial charge is 0.123 e. The van der Waals surface area contributed by atoms with E-state index in [1.165, 1.54) is 12.1 Å². The van der Waals surface area contributed by atoms with Crippen LogP contribution in [0, 0.1) is 5.82 Å². The Morgan fingerprint density at radius 2 is 1.80 bits per heavy atom. The number of nitrogens with one attached hydrogen (secondary N) is 1. The van der Waals surface area contributed by atoms with Crippen LogP contribution in [0.4, 0.5) is 4.39 Å². The quantitative estimate of drug-likeness (QED) is 0.781. The first-order chi connectivity index (χ1) is 9.76. The van der Waals surface area contributed by atoms with Crippen LogP contribution in [0.15, 0.2) is 48.7 Å². The van der Waals surface area contributed by atoms with Crippen molar-refractivity contribution < 1.29 is 13.9 Å². The Labute approximate surface area is 116 Å². The van der Waals surface area contributed by atoms with Gasteiger partial charge in [-0.15, -0.1) is 0 Å². The molecule has 20 heavy (non-hydrogen) atoms. The minimum absolute atomic E-state index is 0.247. The van der Waals surface area contributed by atoms with E-state index in [0.717, 1.165) is 28.0 Å². The monoisotopic (exact) mass is 271 g/mol. The zero-order valence-corrected chi connectivity index (χ0v) is 11.0. The predicted octanol–water partition coefficient (Wildman–Crippen LogP) is 3.89. The number of rotatable bonds is 4. The van der Waals surface area contributed by atoms with Crippen LogP contribution >= 0.6 is 0 Å². The Bertz CT molecular complexity index is 719. The zero-order chi connectivity index (χ0) is 13.9. The minimum atomic E-state index is -0.247. The van der Waals surface area contributed by atoms with Crippen LogP contribution in [0.2, 0.25) is 0 Å². The number of methoxy groups -OCH3 is 1. The number of ether oxygens (including phenoxy) is 2. The van der Waals surface area contributed by atoms with Gasteiger partial charge in [-0.1, -0.05) is 0 Å². The van der Waals surface area contributed by atoms with Gasteiger partial charge >= 0.3 is 0 Å². The molecule has 0 fully saturated rings. The summed E-state index contributed by atoms with van der Waals surface area (Å²) in [5.41, 5.74) is 1.83. The van der Waals surface area contributed by atoms with Crippen molar-refractivity contribution >= 4 is 10.9 Å². The molecule has 0 radical (unpaired) electrons. The van der Waals surface area contributed by atoms with Crippen LogP contribution in [-0.4, -0.2) is 12.1 Å². The summed E-state index contributed by atoms with van der Waals surface area (Å²) < 4.78 is 24.1. The van der Waals surface area contributed by atoms with Crippen LogP contribution < -0.4 is 9.47 Å². The Morgan fingerprint density at radius 3 is 2.55 bits per heavy atom. The Hall–Kier alpha value is -2.49. The van der Waals surface area contributed by atoms with Gasteiger partial charge in [-0.2, -0.15) is 0 Å². The lowest BCUT2D eigenvalue weighted by Gasteiger charge is -2.06. The van der Waals surface area contributed by atoms with E-state index >= 15 is 0 Å². The van der Waals surface area contributed by atoms with Crippen molar-refractivity contribution in [1.29, 1.82) is 0 Å². The van der Waals surface area contributed by atoms with Crippen molar-refractivity contribution in [1.82, 2.24) is 4.98 Å². The first-order valence-corrected chi connectivity index (χ1v) is 6.28. The van der Waals surface area contributed by atoms with Gasteiger partial charge in [-0.25, -0.2) is 4.39 Å². The molecule has 3 nitrogen and oxygen atoms in total. The third-order valence-electron chi connectivity index (χ3n) is 3.18. The zero-order valence-electron chi connectivity index (χ0n) is 11.0. The summed E-state index contributed by atoms with van der Waals surface area (Å²) in [6.45, 7) is 0.385. The fourth-order valence-corrected chi connectivity index (χ4v) is 2.10. The number of aromatic nitrogens is 1. The lowest BCUT2D eigenvalue weighted by Crippen LogP contribution is -1.94. The topological polar surface area (TPSA) is 34.2 Å².